The molecule has 1 unspecified atom stereocenters. The van der Waals surface area contributed by atoms with Crippen molar-refractivity contribution in [3.8, 4) is 17.3 Å². The van der Waals surface area contributed by atoms with Gasteiger partial charge in [0.1, 0.15) is 5.76 Å². The zero-order chi connectivity index (χ0) is 25.0. The second kappa shape index (κ2) is 8.37. The van der Waals surface area contributed by atoms with E-state index in [0.717, 1.165) is 47.4 Å². The molecule has 0 radical (unpaired) electrons. The number of carboxylic acids is 1. The fraction of sp³-hybridized carbons (Fsp3) is 0.259. The van der Waals surface area contributed by atoms with E-state index < -0.39 is 17.3 Å². The lowest BCUT2D eigenvalue weighted by molar-refractivity contribution is 0.0696. The monoisotopic (exact) mass is 484 g/mol. The van der Waals surface area contributed by atoms with Gasteiger partial charge in [0.05, 0.1) is 17.3 Å². The number of aromatic nitrogens is 3. The van der Waals surface area contributed by atoms with Crippen molar-refractivity contribution in [2.75, 3.05) is 11.4 Å². The number of carbonyl (C=O) groups is 1. The molecular weight excluding hydrogens is 460 g/mol. The Balaban J connectivity index is 1.52. The number of carboxylic acid groups (broad SMARTS) is 1. The third kappa shape index (κ3) is 3.46. The van der Waals surface area contributed by atoms with E-state index in [4.69, 9.17) is 9.40 Å². The summed E-state index contributed by atoms with van der Waals surface area (Å²) in [7, 11) is 1.58. The van der Waals surface area contributed by atoms with Crippen LogP contribution in [-0.4, -0.2) is 37.3 Å². The lowest BCUT2D eigenvalue weighted by atomic mass is 9.87. The predicted molar refractivity (Wildman–Crippen MR) is 131 cm³/mol. The van der Waals surface area contributed by atoms with E-state index in [1.54, 1.807) is 19.2 Å². The number of aromatic hydroxyl groups is 1. The Morgan fingerprint density at radius 2 is 1.89 bits per heavy atom. The molecule has 4 aromatic rings. The molecule has 2 aromatic heterocycles. The van der Waals surface area contributed by atoms with Gasteiger partial charge in [0.15, 0.2) is 5.69 Å². The minimum Gasteiger partial charge on any atom is -0.501 e. The Labute approximate surface area is 206 Å². The maximum atomic E-state index is 13.1. The quantitative estimate of drug-likeness (QED) is 0.452. The molecular formula is C27H24N4O5. The summed E-state index contributed by atoms with van der Waals surface area (Å²) in [4.78, 5) is 35.9. The first-order chi connectivity index (χ1) is 17.4. The van der Waals surface area contributed by atoms with Crippen molar-refractivity contribution in [3.63, 3.8) is 0 Å². The van der Waals surface area contributed by atoms with E-state index in [0.29, 0.717) is 18.9 Å². The highest BCUT2D eigenvalue weighted by molar-refractivity contribution is 5.88. The number of hydrogen-bond donors (Lipinski definition) is 2. The molecule has 182 valence electrons. The van der Waals surface area contributed by atoms with Crippen LogP contribution in [-0.2, 0) is 26.3 Å². The van der Waals surface area contributed by atoms with Crippen LogP contribution in [0.4, 0.5) is 5.95 Å². The molecule has 0 saturated carbocycles. The second-order valence-corrected chi connectivity index (χ2v) is 9.19. The van der Waals surface area contributed by atoms with Crippen molar-refractivity contribution in [1.29, 1.82) is 0 Å². The van der Waals surface area contributed by atoms with Gasteiger partial charge in [-0.3, -0.25) is 9.36 Å². The number of anilines is 1. The summed E-state index contributed by atoms with van der Waals surface area (Å²) < 4.78 is 7.21. The first-order valence-electron chi connectivity index (χ1n) is 11.9. The molecule has 0 spiro atoms. The number of hydrogen-bond acceptors (Lipinski definition) is 7. The topological polar surface area (TPSA) is 122 Å². The number of aromatic carboxylic acids is 1. The first-order valence-corrected chi connectivity index (χ1v) is 11.9. The van der Waals surface area contributed by atoms with E-state index in [2.05, 4.69) is 4.98 Å². The highest BCUT2D eigenvalue weighted by atomic mass is 16.4. The van der Waals surface area contributed by atoms with Gasteiger partial charge in [-0.05, 0) is 48.1 Å². The molecule has 3 heterocycles. The highest BCUT2D eigenvalue weighted by Crippen LogP contribution is 2.39. The number of rotatable bonds is 4. The van der Waals surface area contributed by atoms with Gasteiger partial charge in [-0.15, -0.1) is 0 Å². The zero-order valence-corrected chi connectivity index (χ0v) is 19.6. The summed E-state index contributed by atoms with van der Waals surface area (Å²) in [6.07, 6.45) is 3.12. The normalized spacial score (nSPS) is 16.6. The summed E-state index contributed by atoms with van der Waals surface area (Å²) in [5.74, 6) is -0.178. The average molecular weight is 485 g/mol. The van der Waals surface area contributed by atoms with Crippen LogP contribution in [0.3, 0.4) is 0 Å². The molecule has 2 aliphatic rings. The third-order valence-electron chi connectivity index (χ3n) is 7.03. The van der Waals surface area contributed by atoms with E-state index in [1.165, 1.54) is 4.57 Å². The van der Waals surface area contributed by atoms with Gasteiger partial charge in [-0.25, -0.2) is 14.8 Å². The Morgan fingerprint density at radius 3 is 2.64 bits per heavy atom. The molecule has 1 aliphatic carbocycles. The lowest BCUT2D eigenvalue weighted by Crippen LogP contribution is -2.40. The summed E-state index contributed by atoms with van der Waals surface area (Å²) in [6, 6.07) is 14.6. The molecule has 9 heteroatoms. The number of benzene rings is 2. The zero-order valence-electron chi connectivity index (χ0n) is 19.6. The van der Waals surface area contributed by atoms with Crippen molar-refractivity contribution < 1.29 is 19.4 Å². The maximum Gasteiger partial charge on any atom is 0.335 e. The van der Waals surface area contributed by atoms with Crippen LogP contribution in [0.25, 0.3) is 11.6 Å². The van der Waals surface area contributed by atoms with Gasteiger partial charge >= 0.3 is 5.97 Å². The van der Waals surface area contributed by atoms with Gasteiger partial charge in [0, 0.05) is 20.0 Å². The number of nitrogens with zero attached hydrogens (tertiary/aromatic N) is 4. The van der Waals surface area contributed by atoms with Gasteiger partial charge < -0.3 is 19.5 Å². The molecule has 9 nitrogen and oxygen atoms in total. The van der Waals surface area contributed by atoms with Gasteiger partial charge in [0.25, 0.3) is 5.56 Å². The highest BCUT2D eigenvalue weighted by Gasteiger charge is 2.33. The van der Waals surface area contributed by atoms with Gasteiger partial charge in [0.2, 0.25) is 17.6 Å². The van der Waals surface area contributed by atoms with Crippen LogP contribution in [0, 0.1) is 0 Å². The largest absolute Gasteiger partial charge is 0.501 e. The number of fused-ring (bicyclic) bond motifs is 2. The summed E-state index contributed by atoms with van der Waals surface area (Å²) >= 11 is 0. The third-order valence-corrected chi connectivity index (χ3v) is 7.03. The smallest absolute Gasteiger partial charge is 0.335 e. The molecule has 36 heavy (non-hydrogen) atoms. The molecule has 0 amide bonds. The summed E-state index contributed by atoms with van der Waals surface area (Å²) in [5, 5.41) is 20.2. The van der Waals surface area contributed by atoms with E-state index in [-0.39, 0.29) is 23.2 Å². The van der Waals surface area contributed by atoms with Crippen molar-refractivity contribution in [3.05, 3.63) is 92.6 Å². The van der Waals surface area contributed by atoms with Crippen LogP contribution in [0.1, 0.15) is 51.0 Å². The first kappa shape index (κ1) is 22.1. The minimum atomic E-state index is -0.971. The van der Waals surface area contributed by atoms with Crippen molar-refractivity contribution in [2.45, 2.75) is 31.7 Å². The van der Waals surface area contributed by atoms with E-state index in [9.17, 15) is 19.8 Å². The second-order valence-electron chi connectivity index (χ2n) is 9.19. The molecule has 1 atom stereocenters. The Bertz CT molecular complexity index is 1540. The van der Waals surface area contributed by atoms with Crippen molar-refractivity contribution in [1.82, 2.24) is 14.5 Å². The SMILES string of the molecule is Cn1c(N2CCc3cc(C(=O)O)ccc3C2c2ccccc2)nc(-c2nc3c(o2)CCC3)c(O)c1=O. The molecule has 0 saturated heterocycles. The standard InChI is InChI=1S/C27H24N4O5/c1-30-25(33)23(32)21(24-28-19-8-5-9-20(19)36-24)29-27(30)31-13-12-16-14-17(26(34)35)10-11-18(16)22(31)15-6-3-2-4-7-15/h2-4,6-7,10-11,14,22,32H,5,8-9,12-13H2,1H3,(H,34,35). The Kier molecular flexibility index (Phi) is 5.13. The van der Waals surface area contributed by atoms with E-state index in [1.807, 2.05) is 41.3 Å². The van der Waals surface area contributed by atoms with Crippen LogP contribution in [0.15, 0.2) is 57.7 Å². The van der Waals surface area contributed by atoms with Gasteiger partial charge in [-0.2, -0.15) is 0 Å². The minimum absolute atomic E-state index is 0.0290. The van der Waals surface area contributed by atoms with Crippen molar-refractivity contribution >= 4 is 11.9 Å². The average Bonchev–Trinajstić information content (AvgIpc) is 3.50. The summed E-state index contributed by atoms with van der Waals surface area (Å²) in [6.45, 7) is 0.488. The van der Waals surface area contributed by atoms with Crippen molar-refractivity contribution in [2.24, 2.45) is 7.05 Å². The van der Waals surface area contributed by atoms with Gasteiger partial charge in [-0.1, -0.05) is 36.4 Å². The fourth-order valence-corrected chi connectivity index (χ4v) is 5.25. The maximum absolute atomic E-state index is 13.1. The van der Waals surface area contributed by atoms with Crippen LogP contribution < -0.4 is 10.5 Å². The van der Waals surface area contributed by atoms with Crippen LogP contribution >= 0.6 is 0 Å². The lowest BCUT2D eigenvalue weighted by Gasteiger charge is -2.39. The predicted octanol–water partition coefficient (Wildman–Crippen LogP) is 3.48. The number of aryl methyl sites for hydroxylation is 2. The van der Waals surface area contributed by atoms with Crippen LogP contribution in [0.2, 0.25) is 0 Å². The molecule has 1 aliphatic heterocycles. The fourth-order valence-electron chi connectivity index (χ4n) is 5.25. The van der Waals surface area contributed by atoms with E-state index >= 15 is 0 Å². The molecule has 2 aromatic carbocycles. The molecule has 2 N–H and O–H groups in total. The molecule has 0 fully saturated rings. The molecule has 6 rings (SSSR count). The summed E-state index contributed by atoms with van der Waals surface area (Å²) in [5.41, 5.74) is 3.37. The number of oxazole rings is 1. The Morgan fingerprint density at radius 1 is 1.08 bits per heavy atom. The van der Waals surface area contributed by atoms with Crippen LogP contribution in [0.5, 0.6) is 5.75 Å². The Hall–Kier alpha value is -4.40. The molecule has 0 bridgehead atoms.